The molecule has 1 N–H and O–H groups in total. The van der Waals surface area contributed by atoms with Gasteiger partial charge in [0.25, 0.3) is 5.91 Å². The highest BCUT2D eigenvalue weighted by molar-refractivity contribution is 6.04. The number of nitrogens with zero attached hydrogens (tertiary/aromatic N) is 2. The second-order valence-corrected chi connectivity index (χ2v) is 6.08. The second-order valence-electron chi connectivity index (χ2n) is 6.08. The molecule has 1 heterocycles. The summed E-state index contributed by atoms with van der Waals surface area (Å²) in [5, 5.41) is 7.19. The van der Waals surface area contributed by atoms with Gasteiger partial charge in [-0.25, -0.2) is 4.68 Å². The zero-order chi connectivity index (χ0) is 20.8. The first kappa shape index (κ1) is 20.1. The number of para-hydroxylation sites is 1. The summed E-state index contributed by atoms with van der Waals surface area (Å²) in [5.41, 5.74) is 1.28. The van der Waals surface area contributed by atoms with E-state index < -0.39 is 0 Å². The Bertz CT molecular complexity index is 977. The quantitative estimate of drug-likeness (QED) is 0.628. The topological polar surface area (TPSA) is 83.8 Å². The van der Waals surface area contributed by atoms with E-state index in [1.165, 1.54) is 14.2 Å². The lowest BCUT2D eigenvalue weighted by Crippen LogP contribution is -2.16. The van der Waals surface area contributed by atoms with Crippen LogP contribution in [0.25, 0.3) is 0 Å². The number of hydrogen-bond acceptors (Lipinski definition) is 6. The molecular weight excluding hydrogens is 374 g/mol. The number of carbonyl (C=O) groups excluding carboxylic acids is 1. The lowest BCUT2D eigenvalue weighted by Gasteiger charge is -2.14. The third-order valence-electron chi connectivity index (χ3n) is 4.38. The summed E-state index contributed by atoms with van der Waals surface area (Å²) in [6.07, 6.45) is 1.62. The summed E-state index contributed by atoms with van der Waals surface area (Å²) in [7, 11) is 6.24. The van der Waals surface area contributed by atoms with Crippen LogP contribution in [0, 0.1) is 0 Å². The van der Waals surface area contributed by atoms with Crippen molar-refractivity contribution in [3.8, 4) is 23.0 Å². The molecule has 0 bridgehead atoms. The number of benzene rings is 2. The van der Waals surface area contributed by atoms with Crippen LogP contribution in [-0.2, 0) is 6.54 Å². The highest BCUT2D eigenvalue weighted by Crippen LogP contribution is 2.31. The summed E-state index contributed by atoms with van der Waals surface area (Å²) in [6, 6.07) is 12.3. The van der Waals surface area contributed by atoms with Gasteiger partial charge in [-0.2, -0.15) is 5.10 Å². The number of methoxy groups -OCH3 is 4. The number of nitrogens with one attached hydrogen (secondary N) is 1. The van der Waals surface area contributed by atoms with Crippen molar-refractivity contribution < 1.29 is 23.7 Å². The van der Waals surface area contributed by atoms with Gasteiger partial charge in [0, 0.05) is 23.3 Å². The molecule has 0 unspecified atom stereocenters. The van der Waals surface area contributed by atoms with E-state index in [2.05, 4.69) is 10.4 Å². The fourth-order valence-electron chi connectivity index (χ4n) is 2.93. The van der Waals surface area contributed by atoms with Gasteiger partial charge in [-0.3, -0.25) is 4.79 Å². The minimum absolute atomic E-state index is 0.304. The third-order valence-corrected chi connectivity index (χ3v) is 4.38. The molecule has 0 radical (unpaired) electrons. The molecule has 1 amide bonds. The number of aromatic nitrogens is 2. The lowest BCUT2D eigenvalue weighted by atomic mass is 10.2. The van der Waals surface area contributed by atoms with Gasteiger partial charge in [-0.15, -0.1) is 0 Å². The van der Waals surface area contributed by atoms with E-state index in [1.807, 2.05) is 18.2 Å². The summed E-state index contributed by atoms with van der Waals surface area (Å²) in [6.45, 7) is 0.393. The van der Waals surface area contributed by atoms with Gasteiger partial charge < -0.3 is 24.3 Å². The summed E-state index contributed by atoms with van der Waals surface area (Å²) in [4.78, 5) is 12.8. The first-order valence-corrected chi connectivity index (χ1v) is 8.85. The molecule has 0 saturated heterocycles. The van der Waals surface area contributed by atoms with Crippen molar-refractivity contribution in [2.45, 2.75) is 6.54 Å². The maximum Gasteiger partial charge on any atom is 0.257 e. The molecule has 8 nitrogen and oxygen atoms in total. The number of ether oxygens (including phenoxy) is 4. The Hall–Kier alpha value is -3.68. The molecule has 152 valence electrons. The van der Waals surface area contributed by atoms with Gasteiger partial charge in [-0.05, 0) is 18.2 Å². The van der Waals surface area contributed by atoms with Crippen molar-refractivity contribution in [2.75, 3.05) is 33.8 Å². The fourth-order valence-corrected chi connectivity index (χ4v) is 2.93. The van der Waals surface area contributed by atoms with Crippen LogP contribution in [0.2, 0.25) is 0 Å². The van der Waals surface area contributed by atoms with E-state index in [0.29, 0.717) is 40.9 Å². The fraction of sp³-hybridized carbons (Fsp3) is 0.238. The SMILES string of the molecule is COc1cc(OC)cc(C(=O)Nc2ccnn2Cc2cccc(OC)c2OC)c1. The van der Waals surface area contributed by atoms with Gasteiger partial charge in [-0.1, -0.05) is 12.1 Å². The Morgan fingerprint density at radius 2 is 1.69 bits per heavy atom. The van der Waals surface area contributed by atoms with Crippen LogP contribution in [0.4, 0.5) is 5.82 Å². The van der Waals surface area contributed by atoms with Gasteiger partial charge in [0.05, 0.1) is 41.2 Å². The van der Waals surface area contributed by atoms with Gasteiger partial charge in [0.1, 0.15) is 17.3 Å². The predicted molar refractivity (Wildman–Crippen MR) is 108 cm³/mol. The highest BCUT2D eigenvalue weighted by Gasteiger charge is 2.15. The lowest BCUT2D eigenvalue weighted by molar-refractivity contribution is 0.102. The number of amides is 1. The Morgan fingerprint density at radius 3 is 2.31 bits per heavy atom. The highest BCUT2D eigenvalue weighted by atomic mass is 16.5. The van der Waals surface area contributed by atoms with Crippen molar-refractivity contribution in [2.24, 2.45) is 0 Å². The molecule has 1 aromatic heterocycles. The van der Waals surface area contributed by atoms with Gasteiger partial charge >= 0.3 is 0 Å². The molecule has 8 heteroatoms. The minimum Gasteiger partial charge on any atom is -0.497 e. The van der Waals surface area contributed by atoms with E-state index >= 15 is 0 Å². The molecular formula is C21H23N3O5. The zero-order valence-electron chi connectivity index (χ0n) is 16.8. The average Bonchev–Trinajstić information content (AvgIpc) is 3.19. The molecule has 0 spiro atoms. The van der Waals surface area contributed by atoms with Crippen LogP contribution < -0.4 is 24.3 Å². The van der Waals surface area contributed by atoms with Crippen molar-refractivity contribution in [3.63, 3.8) is 0 Å². The number of rotatable bonds is 8. The van der Waals surface area contributed by atoms with E-state index in [4.69, 9.17) is 18.9 Å². The molecule has 0 saturated carbocycles. The van der Waals surface area contributed by atoms with E-state index in [0.717, 1.165) is 5.56 Å². The van der Waals surface area contributed by atoms with Crippen molar-refractivity contribution >= 4 is 11.7 Å². The first-order chi connectivity index (χ1) is 14.1. The normalized spacial score (nSPS) is 10.3. The number of anilines is 1. The largest absolute Gasteiger partial charge is 0.497 e. The summed E-state index contributed by atoms with van der Waals surface area (Å²) >= 11 is 0. The predicted octanol–water partition coefficient (Wildman–Crippen LogP) is 3.22. The van der Waals surface area contributed by atoms with Crippen molar-refractivity contribution in [1.29, 1.82) is 0 Å². The standard InChI is InChI=1S/C21H23N3O5/c1-26-16-10-15(11-17(12-16)27-2)21(25)23-19-8-9-22-24(19)13-14-6-5-7-18(28-3)20(14)29-4/h5-12H,13H2,1-4H3,(H,23,25). The van der Waals surface area contributed by atoms with Gasteiger partial charge in [0.15, 0.2) is 11.5 Å². The molecule has 2 aromatic carbocycles. The third kappa shape index (κ3) is 4.43. The summed E-state index contributed by atoms with van der Waals surface area (Å²) < 4.78 is 23.0. The Morgan fingerprint density at radius 1 is 0.966 bits per heavy atom. The molecule has 0 atom stereocenters. The maximum atomic E-state index is 12.8. The van der Waals surface area contributed by atoms with Gasteiger partial charge in [0.2, 0.25) is 0 Å². The smallest absolute Gasteiger partial charge is 0.257 e. The van der Waals surface area contributed by atoms with Crippen molar-refractivity contribution in [1.82, 2.24) is 9.78 Å². The maximum absolute atomic E-state index is 12.8. The van der Waals surface area contributed by atoms with Crippen LogP contribution in [0.1, 0.15) is 15.9 Å². The van der Waals surface area contributed by atoms with Crippen LogP contribution >= 0.6 is 0 Å². The van der Waals surface area contributed by atoms with E-state index in [-0.39, 0.29) is 5.91 Å². The van der Waals surface area contributed by atoms with E-state index in [1.54, 1.807) is 49.4 Å². The van der Waals surface area contributed by atoms with Crippen LogP contribution in [0.3, 0.4) is 0 Å². The van der Waals surface area contributed by atoms with Crippen LogP contribution in [0.5, 0.6) is 23.0 Å². The molecule has 29 heavy (non-hydrogen) atoms. The molecule has 3 rings (SSSR count). The monoisotopic (exact) mass is 397 g/mol. The Labute approximate surface area is 169 Å². The molecule has 3 aromatic rings. The Balaban J connectivity index is 1.84. The van der Waals surface area contributed by atoms with E-state index in [9.17, 15) is 4.79 Å². The van der Waals surface area contributed by atoms with Crippen LogP contribution in [0.15, 0.2) is 48.7 Å². The molecule has 0 aliphatic rings. The molecule has 0 fully saturated rings. The average molecular weight is 397 g/mol. The second kappa shape index (κ2) is 9.01. The first-order valence-electron chi connectivity index (χ1n) is 8.85. The zero-order valence-corrected chi connectivity index (χ0v) is 16.8. The Kier molecular flexibility index (Phi) is 6.23. The minimum atomic E-state index is -0.304. The number of hydrogen-bond donors (Lipinski definition) is 1. The molecule has 0 aliphatic heterocycles. The summed E-state index contributed by atoms with van der Waals surface area (Å²) in [5.74, 6) is 2.56. The van der Waals surface area contributed by atoms with Crippen LogP contribution in [-0.4, -0.2) is 44.1 Å². The number of carbonyl (C=O) groups is 1. The van der Waals surface area contributed by atoms with Crippen molar-refractivity contribution in [3.05, 3.63) is 59.8 Å². The molecule has 0 aliphatic carbocycles.